The average molecular weight is 446 g/mol. The minimum atomic E-state index is -3.51. The van der Waals surface area contributed by atoms with E-state index in [2.05, 4.69) is 20.8 Å². The first-order valence-electron chi connectivity index (χ1n) is 10.6. The van der Waals surface area contributed by atoms with Crippen molar-refractivity contribution in [3.63, 3.8) is 0 Å². The Morgan fingerprint density at radius 1 is 1.42 bits per heavy atom. The second-order valence-corrected chi connectivity index (χ2v) is 10.3. The van der Waals surface area contributed by atoms with Gasteiger partial charge in [-0.3, -0.25) is 0 Å². The van der Waals surface area contributed by atoms with Crippen LogP contribution in [0.25, 0.3) is 0 Å². The van der Waals surface area contributed by atoms with Crippen LogP contribution in [0.4, 0.5) is 10.5 Å². The summed E-state index contributed by atoms with van der Waals surface area (Å²) in [7, 11) is -1.82. The molecule has 1 aromatic carbocycles. The third kappa shape index (κ3) is 3.52. The fraction of sp³-hybridized carbons (Fsp3) is 0.524. The molecule has 3 N–H and O–H groups in total. The summed E-state index contributed by atoms with van der Waals surface area (Å²) in [6, 6.07) is 1.56. The molecule has 0 saturated heterocycles. The van der Waals surface area contributed by atoms with E-state index in [4.69, 9.17) is 14.6 Å². The fourth-order valence-corrected chi connectivity index (χ4v) is 6.05. The molecule has 0 spiro atoms. The van der Waals surface area contributed by atoms with Gasteiger partial charge in [0.25, 0.3) is 0 Å². The largest absolute Gasteiger partial charge is 0.472 e. The predicted molar refractivity (Wildman–Crippen MR) is 116 cm³/mol. The number of anilines is 1. The van der Waals surface area contributed by atoms with Crippen molar-refractivity contribution >= 4 is 21.6 Å². The van der Waals surface area contributed by atoms with E-state index >= 15 is 0 Å². The summed E-state index contributed by atoms with van der Waals surface area (Å²) in [5, 5.41) is 13.1. The van der Waals surface area contributed by atoms with E-state index < -0.39 is 15.9 Å². The Bertz CT molecular complexity index is 1180. The zero-order valence-electron chi connectivity index (χ0n) is 17.7. The number of ether oxygens (including phenoxy) is 2. The summed E-state index contributed by atoms with van der Waals surface area (Å²) in [4.78, 5) is 13.1. The van der Waals surface area contributed by atoms with Crippen LogP contribution >= 0.6 is 0 Å². The predicted octanol–water partition coefficient (Wildman–Crippen LogP) is 2.76. The maximum Gasteiger partial charge on any atom is 0.354 e. The maximum absolute atomic E-state index is 13.1. The Kier molecular flexibility index (Phi) is 5.03. The Hall–Kier alpha value is -2.43. The van der Waals surface area contributed by atoms with Crippen LogP contribution in [0.1, 0.15) is 47.9 Å². The number of aromatic nitrogens is 2. The van der Waals surface area contributed by atoms with Gasteiger partial charge in [-0.2, -0.15) is 5.10 Å². The van der Waals surface area contributed by atoms with Crippen LogP contribution in [0.3, 0.4) is 0 Å². The molecule has 1 aromatic heterocycles. The zero-order chi connectivity index (χ0) is 21.8. The quantitative estimate of drug-likeness (QED) is 0.750. The Morgan fingerprint density at radius 3 is 3.06 bits per heavy atom. The molecule has 3 aliphatic rings. The highest BCUT2D eigenvalue weighted by Crippen LogP contribution is 2.44. The van der Waals surface area contributed by atoms with Gasteiger partial charge in [0.15, 0.2) is 9.92 Å². The SMILES string of the molecule is COC[C@H]1CCc2cc3c(c(NC(=O)N=[S@](N)(=O)c4cnn5c4O[C@H](C)C5)c21)CCC3. The molecule has 2 amide bonds. The lowest BCUT2D eigenvalue weighted by molar-refractivity contribution is 0.179. The summed E-state index contributed by atoms with van der Waals surface area (Å²) in [6.07, 6.45) is 6.17. The van der Waals surface area contributed by atoms with Crippen LogP contribution < -0.4 is 15.2 Å². The molecule has 9 nitrogen and oxygen atoms in total. The summed E-state index contributed by atoms with van der Waals surface area (Å²) in [5.74, 6) is 0.537. The van der Waals surface area contributed by atoms with Crippen molar-refractivity contribution in [2.24, 2.45) is 9.50 Å². The van der Waals surface area contributed by atoms with Crippen molar-refractivity contribution in [3.05, 3.63) is 34.5 Å². The molecule has 0 unspecified atom stereocenters. The number of nitrogens with one attached hydrogen (secondary N) is 1. The van der Waals surface area contributed by atoms with Gasteiger partial charge in [0, 0.05) is 18.7 Å². The van der Waals surface area contributed by atoms with Crippen LogP contribution in [0, 0.1) is 0 Å². The highest BCUT2D eigenvalue weighted by atomic mass is 32.2. The van der Waals surface area contributed by atoms with E-state index in [-0.39, 0.29) is 16.9 Å². The fourth-order valence-electron chi connectivity index (χ4n) is 5.06. The van der Waals surface area contributed by atoms with Crippen molar-refractivity contribution in [1.29, 1.82) is 0 Å². The van der Waals surface area contributed by atoms with Gasteiger partial charge in [0.1, 0.15) is 11.0 Å². The minimum absolute atomic E-state index is 0.0984. The number of fused-ring (bicyclic) bond motifs is 3. The molecule has 3 atom stereocenters. The van der Waals surface area contributed by atoms with Crippen LogP contribution in [-0.4, -0.2) is 39.8 Å². The second-order valence-electron chi connectivity index (χ2n) is 8.52. The van der Waals surface area contributed by atoms with E-state index in [1.54, 1.807) is 11.8 Å². The second kappa shape index (κ2) is 7.61. The van der Waals surface area contributed by atoms with Crippen molar-refractivity contribution in [3.8, 4) is 5.88 Å². The van der Waals surface area contributed by atoms with E-state index in [9.17, 15) is 9.00 Å². The first-order chi connectivity index (χ1) is 14.9. The highest BCUT2D eigenvalue weighted by Gasteiger charge is 2.32. The Morgan fingerprint density at radius 2 is 2.26 bits per heavy atom. The number of nitrogens with zero attached hydrogens (tertiary/aromatic N) is 3. The standard InChI is InChI=1S/C21H27N5O4S/c1-12-10-26-20(30-12)17(9-23-26)31(22,28)25-21(27)24-19-16-5-3-4-13(16)8-14-6-7-15(11-29-2)18(14)19/h8-9,12,15H,3-7,10-11H2,1-2H3,(H3,22,24,25,27,28)/t12-,15-,31+/m1/s1. The van der Waals surface area contributed by atoms with Crippen LogP contribution in [0.15, 0.2) is 21.5 Å². The van der Waals surface area contributed by atoms with E-state index in [1.807, 2.05) is 6.92 Å². The number of nitrogens with two attached hydrogens (primary N) is 1. The number of carbonyl (C=O) groups excluding carboxylic acids is 1. The summed E-state index contributed by atoms with van der Waals surface area (Å²) in [6.45, 7) is 3.02. The number of amides is 2. The smallest absolute Gasteiger partial charge is 0.354 e. The molecule has 166 valence electrons. The number of carbonyl (C=O) groups is 1. The summed E-state index contributed by atoms with van der Waals surface area (Å²) in [5.41, 5.74) is 5.61. The summed E-state index contributed by atoms with van der Waals surface area (Å²) >= 11 is 0. The lowest BCUT2D eigenvalue weighted by atomic mass is 9.94. The molecule has 2 heterocycles. The van der Waals surface area contributed by atoms with Gasteiger partial charge in [-0.15, -0.1) is 4.36 Å². The van der Waals surface area contributed by atoms with Gasteiger partial charge < -0.3 is 14.8 Å². The average Bonchev–Trinajstić information content (AvgIpc) is 3.45. The molecular weight excluding hydrogens is 418 g/mol. The first-order valence-corrected chi connectivity index (χ1v) is 12.2. The number of methoxy groups -OCH3 is 1. The molecule has 0 fully saturated rings. The maximum atomic E-state index is 13.1. The molecule has 0 bridgehead atoms. The molecule has 0 saturated carbocycles. The Labute approximate surface area is 181 Å². The lowest BCUT2D eigenvalue weighted by Gasteiger charge is -2.19. The molecule has 2 aromatic rings. The van der Waals surface area contributed by atoms with Crippen molar-refractivity contribution in [2.45, 2.75) is 62.5 Å². The topological polar surface area (TPSA) is 121 Å². The monoisotopic (exact) mass is 445 g/mol. The minimum Gasteiger partial charge on any atom is -0.472 e. The first kappa shape index (κ1) is 20.5. The van der Waals surface area contributed by atoms with Crippen LogP contribution in [-0.2, 0) is 40.5 Å². The molecule has 5 rings (SSSR count). The van der Waals surface area contributed by atoms with E-state index in [0.717, 1.165) is 48.9 Å². The third-order valence-corrected chi connectivity index (χ3v) is 7.68. The van der Waals surface area contributed by atoms with Crippen LogP contribution in [0.5, 0.6) is 5.88 Å². The van der Waals surface area contributed by atoms with Crippen molar-refractivity contribution in [2.75, 3.05) is 19.0 Å². The van der Waals surface area contributed by atoms with Gasteiger partial charge in [-0.25, -0.2) is 18.8 Å². The van der Waals surface area contributed by atoms with Gasteiger partial charge in [-0.1, -0.05) is 6.07 Å². The van der Waals surface area contributed by atoms with E-state index in [0.29, 0.717) is 19.0 Å². The number of urea groups is 1. The number of benzene rings is 1. The molecular formula is C21H27N5O4S. The molecule has 2 aliphatic carbocycles. The molecule has 1 aliphatic heterocycles. The molecule has 31 heavy (non-hydrogen) atoms. The zero-order valence-corrected chi connectivity index (χ0v) is 18.5. The van der Waals surface area contributed by atoms with Crippen molar-refractivity contribution in [1.82, 2.24) is 9.78 Å². The number of aryl methyl sites for hydroxylation is 2. The Balaban J connectivity index is 1.50. The molecule has 10 heteroatoms. The van der Waals surface area contributed by atoms with Gasteiger partial charge in [0.2, 0.25) is 5.88 Å². The molecule has 0 radical (unpaired) electrons. The summed E-state index contributed by atoms with van der Waals surface area (Å²) < 4.78 is 29.7. The van der Waals surface area contributed by atoms with Crippen LogP contribution in [0.2, 0.25) is 0 Å². The van der Waals surface area contributed by atoms with Gasteiger partial charge >= 0.3 is 6.03 Å². The number of hydrogen-bond acceptors (Lipinski definition) is 5. The van der Waals surface area contributed by atoms with Crippen molar-refractivity contribution < 1.29 is 18.5 Å². The lowest BCUT2D eigenvalue weighted by Crippen LogP contribution is -2.20. The normalized spacial score (nSPS) is 22.9. The van der Waals surface area contributed by atoms with E-state index in [1.165, 1.54) is 17.3 Å². The van der Waals surface area contributed by atoms with Gasteiger partial charge in [0.05, 0.1) is 19.3 Å². The third-order valence-electron chi connectivity index (χ3n) is 6.33. The van der Waals surface area contributed by atoms with Gasteiger partial charge in [-0.05, 0) is 61.3 Å². The highest BCUT2D eigenvalue weighted by molar-refractivity contribution is 7.91. The number of rotatable bonds is 4. The number of hydrogen-bond donors (Lipinski definition) is 2.